The van der Waals surface area contributed by atoms with Crippen molar-refractivity contribution in [3.05, 3.63) is 84.4 Å². The Bertz CT molecular complexity index is 759. The highest BCUT2D eigenvalue weighted by molar-refractivity contribution is 5.95. The molecule has 3 heteroatoms. The van der Waals surface area contributed by atoms with Crippen LogP contribution in [-0.4, -0.2) is 29.0 Å². The van der Waals surface area contributed by atoms with Gasteiger partial charge < -0.3 is 9.64 Å². The molecule has 0 bridgehead atoms. The average molecular weight is 378 g/mol. The molecule has 1 amide bonds. The van der Waals surface area contributed by atoms with Gasteiger partial charge in [-0.05, 0) is 43.4 Å². The maximum absolute atomic E-state index is 13.5. The summed E-state index contributed by atoms with van der Waals surface area (Å²) < 4.78 is 6.05. The van der Waals surface area contributed by atoms with E-state index in [1.807, 2.05) is 54.6 Å². The fraction of sp³-hybridized carbons (Fsp3) is 0.400. The van der Waals surface area contributed by atoms with E-state index >= 15 is 0 Å². The molecule has 28 heavy (non-hydrogen) atoms. The molecule has 3 rings (SSSR count). The third-order valence-electron chi connectivity index (χ3n) is 5.72. The summed E-state index contributed by atoms with van der Waals surface area (Å²) in [6.07, 6.45) is 6.81. The van der Waals surface area contributed by atoms with Gasteiger partial charge in [0, 0.05) is 11.1 Å². The Hall–Kier alpha value is -2.39. The first kappa shape index (κ1) is 20.3. The second-order valence-electron chi connectivity index (χ2n) is 7.70. The molecule has 3 nitrogen and oxygen atoms in total. The minimum Gasteiger partial charge on any atom is -0.375 e. The molecule has 1 fully saturated rings. The molecule has 0 spiro atoms. The van der Waals surface area contributed by atoms with Crippen LogP contribution in [0.3, 0.4) is 0 Å². The Labute approximate surface area is 169 Å². The van der Waals surface area contributed by atoms with Crippen molar-refractivity contribution >= 4 is 5.91 Å². The third-order valence-corrected chi connectivity index (χ3v) is 5.72. The van der Waals surface area contributed by atoms with Crippen LogP contribution in [0.4, 0.5) is 0 Å². The van der Waals surface area contributed by atoms with Gasteiger partial charge in [-0.25, -0.2) is 0 Å². The maximum Gasteiger partial charge on any atom is 0.254 e. The number of benzene rings is 2. The lowest BCUT2D eigenvalue weighted by molar-refractivity contribution is 0.0214. The molecule has 2 aromatic carbocycles. The predicted molar refractivity (Wildman–Crippen MR) is 114 cm³/mol. The summed E-state index contributed by atoms with van der Waals surface area (Å²) in [6.45, 7) is 7.31. The van der Waals surface area contributed by atoms with Crippen LogP contribution in [0.25, 0.3) is 0 Å². The summed E-state index contributed by atoms with van der Waals surface area (Å²) in [5.74, 6) is 0.113. The lowest BCUT2D eigenvalue weighted by Gasteiger charge is -2.41. The summed E-state index contributed by atoms with van der Waals surface area (Å²) in [6, 6.07) is 19.9. The van der Waals surface area contributed by atoms with Crippen molar-refractivity contribution in [1.29, 1.82) is 0 Å². The first-order chi connectivity index (χ1) is 13.7. The van der Waals surface area contributed by atoms with E-state index in [1.54, 1.807) is 0 Å². The predicted octanol–water partition coefficient (Wildman–Crippen LogP) is 5.62. The Morgan fingerprint density at radius 3 is 2.50 bits per heavy atom. The highest BCUT2D eigenvalue weighted by atomic mass is 16.5. The minimum atomic E-state index is -0.149. The van der Waals surface area contributed by atoms with Gasteiger partial charge in [0.15, 0.2) is 0 Å². The van der Waals surface area contributed by atoms with E-state index in [0.717, 1.165) is 43.2 Å². The second-order valence-corrected chi connectivity index (χ2v) is 7.70. The molecule has 0 N–H and O–H groups in total. The van der Waals surface area contributed by atoms with Crippen LogP contribution in [0.15, 0.2) is 73.3 Å². The monoisotopic (exact) mass is 377 g/mol. The number of carbonyl (C=O) groups excluding carboxylic acids is 1. The summed E-state index contributed by atoms with van der Waals surface area (Å²) in [7, 11) is 0. The van der Waals surface area contributed by atoms with Crippen molar-refractivity contribution in [3.8, 4) is 0 Å². The topological polar surface area (TPSA) is 29.5 Å². The van der Waals surface area contributed by atoms with Gasteiger partial charge in [-0.1, -0.05) is 68.0 Å². The quantitative estimate of drug-likeness (QED) is 0.531. The number of likely N-dealkylation sites (tertiary alicyclic amines) is 1. The van der Waals surface area contributed by atoms with Crippen LogP contribution in [0.5, 0.6) is 0 Å². The Balaban J connectivity index is 1.79. The van der Waals surface area contributed by atoms with Gasteiger partial charge in [0.05, 0.1) is 19.3 Å². The molecule has 1 aliphatic rings. The summed E-state index contributed by atoms with van der Waals surface area (Å²) in [4.78, 5) is 15.6. The number of ether oxygens (including phenoxy) is 1. The standard InChI is InChI=1S/C25H31NO2/c1-3-16-25(17-4-2)18-15-23(20-28-19-21-11-7-5-8-12-21)26(25)24(27)22-13-9-6-10-14-22/h3,5-14,23H,1,4,15-20H2,2H3/t23-,25+/m0/s1. The molecule has 1 aliphatic heterocycles. The highest BCUT2D eigenvalue weighted by Gasteiger charge is 2.47. The van der Waals surface area contributed by atoms with Gasteiger partial charge >= 0.3 is 0 Å². The van der Waals surface area contributed by atoms with Gasteiger partial charge in [-0.3, -0.25) is 4.79 Å². The van der Waals surface area contributed by atoms with E-state index in [2.05, 4.69) is 30.5 Å². The number of hydrogen-bond acceptors (Lipinski definition) is 2. The average Bonchev–Trinajstić information content (AvgIpc) is 3.07. The largest absolute Gasteiger partial charge is 0.375 e. The lowest BCUT2D eigenvalue weighted by atomic mass is 9.86. The van der Waals surface area contributed by atoms with Gasteiger partial charge in [-0.2, -0.15) is 0 Å². The first-order valence-electron chi connectivity index (χ1n) is 10.3. The van der Waals surface area contributed by atoms with E-state index in [0.29, 0.717) is 13.2 Å². The minimum absolute atomic E-state index is 0.0999. The smallest absolute Gasteiger partial charge is 0.254 e. The second kappa shape index (κ2) is 9.70. The van der Waals surface area contributed by atoms with Gasteiger partial charge in [-0.15, -0.1) is 6.58 Å². The molecule has 0 aromatic heterocycles. The molecule has 1 heterocycles. The van der Waals surface area contributed by atoms with E-state index < -0.39 is 0 Å². The number of amides is 1. The van der Waals surface area contributed by atoms with Crippen LogP contribution in [0, 0.1) is 0 Å². The zero-order chi connectivity index (χ0) is 19.8. The fourth-order valence-electron chi connectivity index (χ4n) is 4.50. The van der Waals surface area contributed by atoms with Crippen LogP contribution >= 0.6 is 0 Å². The molecule has 0 saturated carbocycles. The van der Waals surface area contributed by atoms with Crippen LogP contribution in [0.2, 0.25) is 0 Å². The molecule has 0 radical (unpaired) electrons. The summed E-state index contributed by atoms with van der Waals surface area (Å²) in [5, 5.41) is 0. The molecular formula is C25H31NO2. The normalized spacial score (nSPS) is 21.6. The molecule has 0 aliphatic carbocycles. The molecular weight excluding hydrogens is 346 g/mol. The molecule has 2 aromatic rings. The van der Waals surface area contributed by atoms with Crippen LogP contribution in [0.1, 0.15) is 54.9 Å². The zero-order valence-electron chi connectivity index (χ0n) is 16.8. The molecule has 2 atom stereocenters. The summed E-state index contributed by atoms with van der Waals surface area (Å²) >= 11 is 0. The van der Waals surface area contributed by atoms with E-state index in [9.17, 15) is 4.79 Å². The Morgan fingerprint density at radius 1 is 1.18 bits per heavy atom. The summed E-state index contributed by atoms with van der Waals surface area (Å²) in [5.41, 5.74) is 1.76. The Kier molecular flexibility index (Phi) is 7.05. The van der Waals surface area contributed by atoms with Gasteiger partial charge in [0.1, 0.15) is 0 Å². The van der Waals surface area contributed by atoms with Crippen molar-refractivity contribution in [2.75, 3.05) is 6.61 Å². The fourth-order valence-corrected chi connectivity index (χ4v) is 4.50. The molecule has 148 valence electrons. The number of nitrogens with zero attached hydrogens (tertiary/aromatic N) is 1. The van der Waals surface area contributed by atoms with E-state index in [1.165, 1.54) is 0 Å². The maximum atomic E-state index is 13.5. The van der Waals surface area contributed by atoms with Crippen molar-refractivity contribution in [2.45, 2.75) is 57.2 Å². The zero-order valence-corrected chi connectivity index (χ0v) is 16.8. The SMILES string of the molecule is C=CC[C@@]1(CCC)CC[C@@H](COCc2ccccc2)N1C(=O)c1ccccc1. The Morgan fingerprint density at radius 2 is 1.86 bits per heavy atom. The number of carbonyl (C=O) groups is 1. The van der Waals surface area contributed by atoms with Crippen molar-refractivity contribution in [3.63, 3.8) is 0 Å². The van der Waals surface area contributed by atoms with Crippen LogP contribution < -0.4 is 0 Å². The van der Waals surface area contributed by atoms with Crippen LogP contribution in [-0.2, 0) is 11.3 Å². The van der Waals surface area contributed by atoms with Gasteiger partial charge in [0.2, 0.25) is 0 Å². The van der Waals surface area contributed by atoms with E-state index in [4.69, 9.17) is 4.74 Å². The third kappa shape index (κ3) is 4.53. The highest BCUT2D eigenvalue weighted by Crippen LogP contribution is 2.41. The van der Waals surface area contributed by atoms with Gasteiger partial charge in [0.25, 0.3) is 5.91 Å². The van der Waals surface area contributed by atoms with Crippen molar-refractivity contribution in [2.24, 2.45) is 0 Å². The molecule has 1 saturated heterocycles. The van der Waals surface area contributed by atoms with E-state index in [-0.39, 0.29) is 17.5 Å². The van der Waals surface area contributed by atoms with Crippen molar-refractivity contribution in [1.82, 2.24) is 4.90 Å². The lowest BCUT2D eigenvalue weighted by Crippen LogP contribution is -2.51. The first-order valence-corrected chi connectivity index (χ1v) is 10.3. The number of hydrogen-bond donors (Lipinski definition) is 0. The molecule has 0 unspecified atom stereocenters. The van der Waals surface area contributed by atoms with Crippen molar-refractivity contribution < 1.29 is 9.53 Å². The number of rotatable bonds is 9.